The van der Waals surface area contributed by atoms with Crippen molar-refractivity contribution in [2.75, 3.05) is 24.9 Å². The van der Waals surface area contributed by atoms with E-state index < -0.39 is 15.5 Å². The highest BCUT2D eigenvalue weighted by Gasteiger charge is 2.40. The second kappa shape index (κ2) is 6.22. The van der Waals surface area contributed by atoms with Gasteiger partial charge in [-0.3, -0.25) is 0 Å². The molecule has 0 bridgehead atoms. The maximum Gasteiger partial charge on any atom is 0.278 e. The third-order valence-electron chi connectivity index (χ3n) is 3.73. The minimum Gasteiger partial charge on any atom is -0.470 e. The van der Waals surface area contributed by atoms with Gasteiger partial charge in [0.2, 0.25) is 5.44 Å². The first-order valence-corrected chi connectivity index (χ1v) is 9.00. The summed E-state index contributed by atoms with van der Waals surface area (Å²) in [6, 6.07) is 16.4. The average molecular weight is 332 g/mol. The Balaban J connectivity index is 2.08. The Morgan fingerprint density at radius 2 is 1.70 bits per heavy atom. The fourth-order valence-corrected chi connectivity index (χ4v) is 4.31. The Hall–Kier alpha value is -2.05. The highest BCUT2D eigenvalue weighted by molar-refractivity contribution is 7.93. The Kier molecular flexibility index (Phi) is 4.28. The van der Waals surface area contributed by atoms with E-state index in [1.165, 1.54) is 4.31 Å². The van der Waals surface area contributed by atoms with Crippen LogP contribution in [-0.4, -0.2) is 39.4 Å². The van der Waals surface area contributed by atoms with E-state index >= 15 is 0 Å². The van der Waals surface area contributed by atoms with Crippen LogP contribution in [0.15, 0.2) is 54.6 Å². The second-order valence-corrected chi connectivity index (χ2v) is 7.67. The van der Waals surface area contributed by atoms with E-state index in [4.69, 9.17) is 4.74 Å². The van der Waals surface area contributed by atoms with E-state index in [1.54, 1.807) is 18.2 Å². The summed E-state index contributed by atoms with van der Waals surface area (Å²) in [6.07, 6.45) is 0.410. The zero-order valence-corrected chi connectivity index (χ0v) is 14.0. The first-order chi connectivity index (χ1) is 11.0. The van der Waals surface area contributed by atoms with Gasteiger partial charge in [0, 0.05) is 13.0 Å². The number of sulfonamides is 1. The molecule has 1 atom stereocenters. The third-order valence-corrected chi connectivity index (χ3v) is 5.64. The number of nitrogens with zero attached hydrogens (tertiary/aromatic N) is 2. The van der Waals surface area contributed by atoms with Crippen LogP contribution in [0.25, 0.3) is 0 Å². The minimum absolute atomic E-state index is 0.410. The normalized spacial score (nSPS) is 19.3. The van der Waals surface area contributed by atoms with Crippen molar-refractivity contribution >= 4 is 21.4 Å². The fourth-order valence-electron chi connectivity index (χ4n) is 2.60. The van der Waals surface area contributed by atoms with Crippen molar-refractivity contribution in [2.24, 2.45) is 0 Å². The van der Waals surface area contributed by atoms with E-state index in [0.29, 0.717) is 30.1 Å². The average Bonchev–Trinajstić information content (AvgIpc) is 2.53. The van der Waals surface area contributed by atoms with Gasteiger partial charge in [-0.15, -0.1) is 0 Å². The summed E-state index contributed by atoms with van der Waals surface area (Å²) in [4.78, 5) is 1.95. The van der Waals surface area contributed by atoms with Crippen LogP contribution in [0.2, 0.25) is 0 Å². The molecule has 3 rings (SSSR count). The Morgan fingerprint density at radius 1 is 1.04 bits per heavy atom. The monoisotopic (exact) mass is 332 g/mol. The number of hydrogen-bond acceptors (Lipinski definition) is 4. The van der Waals surface area contributed by atoms with Gasteiger partial charge in [-0.1, -0.05) is 30.3 Å². The van der Waals surface area contributed by atoms with Crippen LogP contribution < -0.4 is 9.04 Å². The van der Waals surface area contributed by atoms with Gasteiger partial charge in [-0.25, -0.2) is 12.7 Å². The lowest BCUT2D eigenvalue weighted by molar-refractivity contribution is 0.237. The van der Waals surface area contributed by atoms with Crippen LogP contribution >= 0.6 is 0 Å². The smallest absolute Gasteiger partial charge is 0.278 e. The molecule has 0 saturated carbocycles. The molecular weight excluding hydrogens is 312 g/mol. The van der Waals surface area contributed by atoms with Crippen LogP contribution in [0.4, 0.5) is 11.4 Å². The van der Waals surface area contributed by atoms with Gasteiger partial charge < -0.3 is 9.64 Å². The minimum atomic E-state index is -3.64. The van der Waals surface area contributed by atoms with Crippen molar-refractivity contribution in [3.05, 3.63) is 54.6 Å². The fraction of sp³-hybridized carbons (Fsp3) is 0.294. The van der Waals surface area contributed by atoms with Crippen molar-refractivity contribution in [3.63, 3.8) is 0 Å². The molecule has 1 heterocycles. The molecule has 2 aromatic rings. The third kappa shape index (κ3) is 3.04. The first kappa shape index (κ1) is 15.8. The topological polar surface area (TPSA) is 49.9 Å². The Morgan fingerprint density at radius 3 is 2.39 bits per heavy atom. The molecule has 5 nitrogen and oxygen atoms in total. The van der Waals surface area contributed by atoms with Crippen LogP contribution in [0, 0.1) is 0 Å². The number of anilines is 2. The van der Waals surface area contributed by atoms with Gasteiger partial charge in [-0.2, -0.15) is 0 Å². The molecule has 122 valence electrons. The van der Waals surface area contributed by atoms with E-state index in [0.717, 1.165) is 0 Å². The molecule has 0 spiro atoms. The van der Waals surface area contributed by atoms with Crippen molar-refractivity contribution in [1.82, 2.24) is 4.90 Å². The second-order valence-electron chi connectivity index (χ2n) is 5.75. The molecule has 1 aliphatic heterocycles. The number of ether oxygens (including phenoxy) is 1. The van der Waals surface area contributed by atoms with Crippen molar-refractivity contribution in [3.8, 4) is 5.75 Å². The van der Waals surface area contributed by atoms with E-state index in [1.807, 2.05) is 55.4 Å². The Bertz CT molecular complexity index is 775. The molecule has 0 aromatic heterocycles. The molecule has 0 radical (unpaired) electrons. The van der Waals surface area contributed by atoms with Gasteiger partial charge in [0.1, 0.15) is 5.75 Å². The lowest BCUT2D eigenvalue weighted by Crippen LogP contribution is -2.44. The van der Waals surface area contributed by atoms with Gasteiger partial charge in [-0.05, 0) is 38.4 Å². The standard InChI is InChI=1S/C17H20N2O3S/c1-18(2)13-12-17-22-16-11-7-6-10-15(16)19(23(17,20)21)14-8-4-3-5-9-14/h3-11,17H,12-13H2,1-2H3. The van der Waals surface area contributed by atoms with Crippen molar-refractivity contribution in [1.29, 1.82) is 0 Å². The van der Waals surface area contributed by atoms with Crippen LogP contribution in [0.1, 0.15) is 6.42 Å². The van der Waals surface area contributed by atoms with Crippen LogP contribution in [-0.2, 0) is 10.0 Å². The Labute approximate surface area is 137 Å². The summed E-state index contributed by atoms with van der Waals surface area (Å²) < 4.78 is 33.3. The largest absolute Gasteiger partial charge is 0.470 e. The molecule has 0 aliphatic carbocycles. The quantitative estimate of drug-likeness (QED) is 0.864. The SMILES string of the molecule is CN(C)CCC1Oc2ccccc2N(c2ccccc2)S1(=O)=O. The number of benzene rings is 2. The van der Waals surface area contributed by atoms with Gasteiger partial charge in [0.25, 0.3) is 10.0 Å². The lowest BCUT2D eigenvalue weighted by Gasteiger charge is -2.35. The molecule has 23 heavy (non-hydrogen) atoms. The van der Waals surface area contributed by atoms with Crippen molar-refractivity contribution < 1.29 is 13.2 Å². The summed E-state index contributed by atoms with van der Waals surface area (Å²) in [5, 5.41) is 0. The number of fused-ring (bicyclic) bond motifs is 1. The van der Waals surface area contributed by atoms with Gasteiger partial charge in [0.05, 0.1) is 11.4 Å². The summed E-state index contributed by atoms with van der Waals surface area (Å²) in [5.74, 6) is 0.593. The highest BCUT2D eigenvalue weighted by Crippen LogP contribution is 2.42. The molecule has 2 aromatic carbocycles. The molecule has 0 fully saturated rings. The van der Waals surface area contributed by atoms with Gasteiger partial charge in [0.15, 0.2) is 0 Å². The molecule has 1 aliphatic rings. The predicted molar refractivity (Wildman–Crippen MR) is 91.5 cm³/mol. The molecule has 1 unspecified atom stereocenters. The molecule has 0 saturated heterocycles. The van der Waals surface area contributed by atoms with E-state index in [2.05, 4.69) is 0 Å². The van der Waals surface area contributed by atoms with Gasteiger partial charge >= 0.3 is 0 Å². The molecule has 6 heteroatoms. The summed E-state index contributed by atoms with van der Waals surface area (Å²) in [5.41, 5.74) is 0.290. The summed E-state index contributed by atoms with van der Waals surface area (Å²) in [7, 11) is 0.188. The predicted octanol–water partition coefficient (Wildman–Crippen LogP) is 2.82. The maximum atomic E-state index is 13.1. The molecule has 0 N–H and O–H groups in total. The number of rotatable bonds is 4. The van der Waals surface area contributed by atoms with Crippen LogP contribution in [0.3, 0.4) is 0 Å². The van der Waals surface area contributed by atoms with Crippen molar-refractivity contribution in [2.45, 2.75) is 11.9 Å². The molecule has 0 amide bonds. The summed E-state index contributed by atoms with van der Waals surface area (Å²) in [6.45, 7) is 0.634. The maximum absolute atomic E-state index is 13.1. The zero-order chi connectivity index (χ0) is 16.4. The number of para-hydroxylation sites is 3. The molecular formula is C17H20N2O3S. The highest BCUT2D eigenvalue weighted by atomic mass is 32.2. The zero-order valence-electron chi connectivity index (χ0n) is 13.2. The summed E-state index contributed by atoms with van der Waals surface area (Å²) >= 11 is 0. The number of hydrogen-bond donors (Lipinski definition) is 0. The first-order valence-electron chi connectivity index (χ1n) is 7.50. The van der Waals surface area contributed by atoms with E-state index in [-0.39, 0.29) is 0 Å². The lowest BCUT2D eigenvalue weighted by atomic mass is 10.2. The van der Waals surface area contributed by atoms with Crippen LogP contribution in [0.5, 0.6) is 5.75 Å². The van der Waals surface area contributed by atoms with E-state index in [9.17, 15) is 8.42 Å².